The second-order valence-electron chi connectivity index (χ2n) is 2.76. The number of aromatic nitrogens is 3. The number of carbonyl (C=O) groups is 1. The minimum absolute atomic E-state index is 0.256. The third-order valence-corrected chi connectivity index (χ3v) is 1.93. The number of ether oxygens (including phenoxy) is 1. The van der Waals surface area contributed by atoms with E-state index in [0.717, 1.165) is 13.0 Å². The van der Waals surface area contributed by atoms with Crippen LogP contribution in [-0.2, 0) is 4.74 Å². The van der Waals surface area contributed by atoms with Crippen molar-refractivity contribution < 1.29 is 9.53 Å². The molecule has 12 heavy (non-hydrogen) atoms. The molecule has 1 aliphatic rings. The lowest BCUT2D eigenvalue weighted by Gasteiger charge is -2.04. The Balaban J connectivity index is 2.16. The Kier molecular flexibility index (Phi) is 1.87. The monoisotopic (exact) mass is 167 g/mol. The van der Waals surface area contributed by atoms with Crippen LogP contribution in [0.1, 0.15) is 23.0 Å². The predicted octanol–water partition coefficient (Wildman–Crippen LogP) is 0.0520. The molecule has 0 bridgehead atoms. The van der Waals surface area contributed by atoms with Crippen LogP contribution in [0.3, 0.4) is 0 Å². The van der Waals surface area contributed by atoms with E-state index in [0.29, 0.717) is 18.6 Å². The standard InChI is InChI=1S/C7H9N3O2/c11-4-6-3-10(9-8-6)7-1-2-12-5-7/h3-4,7H,1-2,5H2. The highest BCUT2D eigenvalue weighted by molar-refractivity contribution is 5.70. The first-order chi connectivity index (χ1) is 5.90. The van der Waals surface area contributed by atoms with Gasteiger partial charge in [-0.3, -0.25) is 4.79 Å². The Labute approximate surface area is 69.3 Å². The van der Waals surface area contributed by atoms with Crippen molar-refractivity contribution in [3.05, 3.63) is 11.9 Å². The normalized spacial score (nSPS) is 22.8. The number of hydrogen-bond acceptors (Lipinski definition) is 4. The zero-order chi connectivity index (χ0) is 8.39. The molecule has 0 aromatic carbocycles. The van der Waals surface area contributed by atoms with Crippen LogP contribution in [0.5, 0.6) is 0 Å². The van der Waals surface area contributed by atoms with Crippen LogP contribution in [0.4, 0.5) is 0 Å². The van der Waals surface area contributed by atoms with Gasteiger partial charge < -0.3 is 4.74 Å². The second kappa shape index (κ2) is 3.02. The zero-order valence-electron chi connectivity index (χ0n) is 6.51. The lowest BCUT2D eigenvalue weighted by Crippen LogP contribution is -2.08. The molecule has 5 heteroatoms. The SMILES string of the molecule is O=Cc1cn(C2CCOC2)nn1. The van der Waals surface area contributed by atoms with Crippen LogP contribution in [0, 0.1) is 0 Å². The summed E-state index contributed by atoms with van der Waals surface area (Å²) in [5.74, 6) is 0. The Bertz CT molecular complexity index is 278. The van der Waals surface area contributed by atoms with Crippen LogP contribution in [0.2, 0.25) is 0 Å². The van der Waals surface area contributed by atoms with E-state index in [4.69, 9.17) is 4.74 Å². The van der Waals surface area contributed by atoms with E-state index < -0.39 is 0 Å². The highest BCUT2D eigenvalue weighted by atomic mass is 16.5. The van der Waals surface area contributed by atoms with E-state index in [1.807, 2.05) is 0 Å². The fourth-order valence-corrected chi connectivity index (χ4v) is 1.25. The summed E-state index contributed by atoms with van der Waals surface area (Å²) >= 11 is 0. The Morgan fingerprint density at radius 3 is 3.25 bits per heavy atom. The van der Waals surface area contributed by atoms with Gasteiger partial charge in [0.05, 0.1) is 18.8 Å². The molecule has 2 heterocycles. The van der Waals surface area contributed by atoms with Gasteiger partial charge in [0.15, 0.2) is 6.29 Å². The molecule has 1 aromatic rings. The number of aldehydes is 1. The van der Waals surface area contributed by atoms with E-state index in [-0.39, 0.29) is 6.04 Å². The molecule has 1 fully saturated rings. The molecule has 2 rings (SSSR count). The summed E-state index contributed by atoms with van der Waals surface area (Å²) in [6.07, 6.45) is 3.29. The van der Waals surface area contributed by atoms with Gasteiger partial charge in [0.1, 0.15) is 5.69 Å². The predicted molar refractivity (Wildman–Crippen MR) is 39.9 cm³/mol. The van der Waals surface area contributed by atoms with Crippen molar-refractivity contribution in [1.82, 2.24) is 15.0 Å². The molecule has 0 saturated carbocycles. The molecular weight excluding hydrogens is 158 g/mol. The summed E-state index contributed by atoms with van der Waals surface area (Å²) in [5.41, 5.74) is 0.377. The quantitative estimate of drug-likeness (QED) is 0.584. The molecule has 0 radical (unpaired) electrons. The van der Waals surface area contributed by atoms with Gasteiger partial charge in [-0.2, -0.15) is 0 Å². The van der Waals surface area contributed by atoms with Gasteiger partial charge >= 0.3 is 0 Å². The van der Waals surface area contributed by atoms with Gasteiger partial charge in [-0.25, -0.2) is 4.68 Å². The van der Waals surface area contributed by atoms with Crippen molar-refractivity contribution in [2.45, 2.75) is 12.5 Å². The topological polar surface area (TPSA) is 57.0 Å². The maximum Gasteiger partial charge on any atom is 0.171 e. The molecule has 64 valence electrons. The van der Waals surface area contributed by atoms with Crippen molar-refractivity contribution >= 4 is 6.29 Å². The second-order valence-corrected chi connectivity index (χ2v) is 2.76. The Hall–Kier alpha value is -1.23. The first-order valence-electron chi connectivity index (χ1n) is 3.85. The van der Waals surface area contributed by atoms with Crippen LogP contribution in [0.15, 0.2) is 6.20 Å². The largest absolute Gasteiger partial charge is 0.379 e. The number of hydrogen-bond donors (Lipinski definition) is 0. The minimum atomic E-state index is 0.256. The summed E-state index contributed by atoms with van der Waals surface area (Å²) in [6.45, 7) is 1.43. The minimum Gasteiger partial charge on any atom is -0.379 e. The van der Waals surface area contributed by atoms with Crippen LogP contribution in [0.25, 0.3) is 0 Å². The highest BCUT2D eigenvalue weighted by Crippen LogP contribution is 2.16. The molecule has 5 nitrogen and oxygen atoms in total. The van der Waals surface area contributed by atoms with Crippen LogP contribution >= 0.6 is 0 Å². The number of nitrogens with zero attached hydrogens (tertiary/aromatic N) is 3. The van der Waals surface area contributed by atoms with Gasteiger partial charge in [0.2, 0.25) is 0 Å². The van der Waals surface area contributed by atoms with Crippen molar-refractivity contribution in [1.29, 1.82) is 0 Å². The van der Waals surface area contributed by atoms with Crippen molar-refractivity contribution in [2.75, 3.05) is 13.2 Å². The number of carbonyl (C=O) groups excluding carboxylic acids is 1. The molecule has 1 aliphatic heterocycles. The molecule has 0 spiro atoms. The summed E-state index contributed by atoms with van der Waals surface area (Å²) < 4.78 is 6.87. The maximum atomic E-state index is 10.3. The molecule has 1 atom stereocenters. The van der Waals surface area contributed by atoms with Crippen LogP contribution < -0.4 is 0 Å². The van der Waals surface area contributed by atoms with Gasteiger partial charge in [-0.15, -0.1) is 5.10 Å². The highest BCUT2D eigenvalue weighted by Gasteiger charge is 2.18. The molecule has 0 aliphatic carbocycles. The van der Waals surface area contributed by atoms with E-state index in [1.54, 1.807) is 10.9 Å². The van der Waals surface area contributed by atoms with Gasteiger partial charge in [0.25, 0.3) is 0 Å². The first kappa shape index (κ1) is 7.42. The van der Waals surface area contributed by atoms with Crippen molar-refractivity contribution in [3.63, 3.8) is 0 Å². The Morgan fingerprint density at radius 2 is 2.67 bits per heavy atom. The summed E-state index contributed by atoms with van der Waals surface area (Å²) in [7, 11) is 0. The third-order valence-electron chi connectivity index (χ3n) is 1.93. The summed E-state index contributed by atoms with van der Waals surface area (Å²) in [5, 5.41) is 7.49. The molecule has 1 aromatic heterocycles. The van der Waals surface area contributed by atoms with E-state index in [9.17, 15) is 4.79 Å². The average molecular weight is 167 g/mol. The average Bonchev–Trinajstić information content (AvgIpc) is 2.75. The number of rotatable bonds is 2. The summed E-state index contributed by atoms with van der Waals surface area (Å²) in [6, 6.07) is 0.256. The zero-order valence-corrected chi connectivity index (χ0v) is 6.51. The van der Waals surface area contributed by atoms with E-state index in [2.05, 4.69) is 10.3 Å². The third kappa shape index (κ3) is 1.23. The van der Waals surface area contributed by atoms with Gasteiger partial charge in [-0.05, 0) is 6.42 Å². The lowest BCUT2D eigenvalue weighted by molar-refractivity contribution is 0.111. The smallest absolute Gasteiger partial charge is 0.171 e. The van der Waals surface area contributed by atoms with Gasteiger partial charge in [0, 0.05) is 6.61 Å². The maximum absolute atomic E-state index is 10.3. The van der Waals surface area contributed by atoms with Gasteiger partial charge in [-0.1, -0.05) is 5.21 Å². The lowest BCUT2D eigenvalue weighted by atomic mass is 10.3. The van der Waals surface area contributed by atoms with E-state index >= 15 is 0 Å². The fraction of sp³-hybridized carbons (Fsp3) is 0.571. The van der Waals surface area contributed by atoms with Crippen molar-refractivity contribution in [2.24, 2.45) is 0 Å². The Morgan fingerprint density at radius 1 is 1.75 bits per heavy atom. The molecule has 1 unspecified atom stereocenters. The fourth-order valence-electron chi connectivity index (χ4n) is 1.25. The molecule has 0 amide bonds. The van der Waals surface area contributed by atoms with Crippen LogP contribution in [-0.4, -0.2) is 34.5 Å². The van der Waals surface area contributed by atoms with E-state index in [1.165, 1.54) is 0 Å². The molecular formula is C7H9N3O2. The first-order valence-corrected chi connectivity index (χ1v) is 3.85. The molecule has 0 N–H and O–H groups in total. The van der Waals surface area contributed by atoms with Crippen molar-refractivity contribution in [3.8, 4) is 0 Å². The summed E-state index contributed by atoms with van der Waals surface area (Å²) in [4.78, 5) is 10.3. The molecule has 1 saturated heterocycles.